The first-order chi connectivity index (χ1) is 12.6. The third-order valence-corrected chi connectivity index (χ3v) is 5.71. The number of rotatable bonds is 2. The molecule has 2 aliphatic heterocycles. The summed E-state index contributed by atoms with van der Waals surface area (Å²) in [5.41, 5.74) is 2.59. The van der Waals surface area contributed by atoms with E-state index in [-0.39, 0.29) is 23.8 Å². The van der Waals surface area contributed by atoms with Gasteiger partial charge < -0.3 is 9.80 Å². The third-order valence-electron chi connectivity index (χ3n) is 5.71. The van der Waals surface area contributed by atoms with E-state index in [9.17, 15) is 9.59 Å². The van der Waals surface area contributed by atoms with Crippen LogP contribution in [0.4, 0.5) is 0 Å². The monoisotopic (exact) mass is 349 g/mol. The van der Waals surface area contributed by atoms with Crippen molar-refractivity contribution in [2.24, 2.45) is 11.8 Å². The van der Waals surface area contributed by atoms with Crippen molar-refractivity contribution in [3.05, 3.63) is 65.5 Å². The van der Waals surface area contributed by atoms with Crippen LogP contribution in [0.5, 0.6) is 0 Å². The van der Waals surface area contributed by atoms with Gasteiger partial charge in [-0.05, 0) is 24.1 Å². The number of pyridine rings is 1. The quantitative estimate of drug-likeness (QED) is 0.838. The topological polar surface area (TPSA) is 53.5 Å². The Morgan fingerprint density at radius 3 is 2.50 bits per heavy atom. The summed E-state index contributed by atoms with van der Waals surface area (Å²) in [5, 5.41) is 0. The van der Waals surface area contributed by atoms with Crippen LogP contribution in [0.15, 0.2) is 48.7 Å². The van der Waals surface area contributed by atoms with Gasteiger partial charge in [-0.1, -0.05) is 36.4 Å². The zero-order valence-electron chi connectivity index (χ0n) is 15.1. The first-order valence-corrected chi connectivity index (χ1v) is 9.09. The summed E-state index contributed by atoms with van der Waals surface area (Å²) in [5.74, 6) is 0.691. The number of hydrogen-bond donors (Lipinski definition) is 0. The molecule has 3 atom stereocenters. The summed E-state index contributed by atoms with van der Waals surface area (Å²) in [7, 11) is 0. The predicted molar refractivity (Wildman–Crippen MR) is 98.4 cm³/mol. The molecule has 1 aromatic carbocycles. The summed E-state index contributed by atoms with van der Waals surface area (Å²) in [6.07, 6.45) is 1.67. The fourth-order valence-corrected chi connectivity index (χ4v) is 4.47. The van der Waals surface area contributed by atoms with Crippen LogP contribution in [0, 0.1) is 18.8 Å². The minimum Gasteiger partial charge on any atom is -0.337 e. The molecule has 134 valence electrons. The number of benzene rings is 1. The second-order valence-corrected chi connectivity index (χ2v) is 7.33. The van der Waals surface area contributed by atoms with Gasteiger partial charge >= 0.3 is 0 Å². The number of carbonyl (C=O) groups excluding carboxylic acids is 2. The summed E-state index contributed by atoms with van der Waals surface area (Å²) in [6.45, 7) is 5.62. The van der Waals surface area contributed by atoms with E-state index in [1.165, 1.54) is 0 Å². The number of hydrogen-bond acceptors (Lipinski definition) is 3. The third kappa shape index (κ3) is 2.77. The minimum absolute atomic E-state index is 0.00122. The maximum atomic E-state index is 12.9. The number of nitrogens with zero attached hydrogens (tertiary/aromatic N) is 3. The van der Waals surface area contributed by atoms with Gasteiger partial charge in [-0.25, -0.2) is 0 Å². The Balaban J connectivity index is 1.60. The van der Waals surface area contributed by atoms with Crippen molar-refractivity contribution >= 4 is 11.8 Å². The Morgan fingerprint density at radius 2 is 1.81 bits per heavy atom. The molecule has 2 saturated heterocycles. The molecule has 5 nitrogen and oxygen atoms in total. The molecule has 2 aliphatic rings. The molecule has 0 spiro atoms. The minimum atomic E-state index is -0.00122. The Morgan fingerprint density at radius 1 is 1.04 bits per heavy atom. The summed E-state index contributed by atoms with van der Waals surface area (Å²) in [4.78, 5) is 33.3. The number of carbonyl (C=O) groups is 2. The number of likely N-dealkylation sites (tertiary alicyclic amines) is 2. The van der Waals surface area contributed by atoms with Crippen LogP contribution in [0.25, 0.3) is 0 Å². The number of amides is 2. The van der Waals surface area contributed by atoms with Gasteiger partial charge in [-0.15, -0.1) is 0 Å². The molecule has 0 saturated carbocycles. The first-order valence-electron chi connectivity index (χ1n) is 9.09. The second kappa shape index (κ2) is 6.56. The van der Waals surface area contributed by atoms with E-state index in [0.717, 1.165) is 11.1 Å². The van der Waals surface area contributed by atoms with Gasteiger partial charge in [0.25, 0.3) is 5.91 Å². The van der Waals surface area contributed by atoms with Crippen molar-refractivity contribution in [1.29, 1.82) is 0 Å². The number of aryl methyl sites for hydroxylation is 1. The molecular formula is C21H23N3O2. The standard InChI is InChI=1S/C21H23N3O2/c1-14-7-6-10-22-19(14)21(26)23-11-17-12-24(15(2)25)20(18(17)13-23)16-8-4-3-5-9-16/h3-10,17-18,20H,11-13H2,1-2H3/t17-,18-,20-/m1/s1. The first kappa shape index (κ1) is 16.8. The van der Waals surface area contributed by atoms with Gasteiger partial charge in [-0.3, -0.25) is 14.6 Å². The van der Waals surface area contributed by atoms with E-state index in [2.05, 4.69) is 17.1 Å². The number of fused-ring (bicyclic) bond motifs is 1. The highest BCUT2D eigenvalue weighted by molar-refractivity contribution is 5.93. The summed E-state index contributed by atoms with van der Waals surface area (Å²) < 4.78 is 0. The highest BCUT2D eigenvalue weighted by Gasteiger charge is 2.49. The molecule has 2 amide bonds. The Bertz CT molecular complexity index is 836. The van der Waals surface area contributed by atoms with Crippen LogP contribution >= 0.6 is 0 Å². The molecule has 26 heavy (non-hydrogen) atoms. The van der Waals surface area contributed by atoms with Crippen LogP contribution in [0.2, 0.25) is 0 Å². The van der Waals surface area contributed by atoms with E-state index in [4.69, 9.17) is 0 Å². The molecule has 1 aromatic heterocycles. The summed E-state index contributed by atoms with van der Waals surface area (Å²) in [6, 6.07) is 14.0. The second-order valence-electron chi connectivity index (χ2n) is 7.33. The van der Waals surface area contributed by atoms with Gasteiger partial charge in [0, 0.05) is 44.6 Å². The fraction of sp³-hybridized carbons (Fsp3) is 0.381. The lowest BCUT2D eigenvalue weighted by molar-refractivity contribution is -0.130. The molecule has 5 heteroatoms. The van der Waals surface area contributed by atoms with E-state index < -0.39 is 0 Å². The van der Waals surface area contributed by atoms with Crippen molar-refractivity contribution in [3.8, 4) is 0 Å². The zero-order chi connectivity index (χ0) is 18.3. The largest absolute Gasteiger partial charge is 0.337 e. The number of aromatic nitrogens is 1. The van der Waals surface area contributed by atoms with Crippen molar-refractivity contribution < 1.29 is 9.59 Å². The molecule has 2 fully saturated rings. The van der Waals surface area contributed by atoms with Crippen molar-refractivity contribution in [2.75, 3.05) is 19.6 Å². The lowest BCUT2D eigenvalue weighted by Gasteiger charge is -2.29. The molecule has 2 aromatic rings. The van der Waals surface area contributed by atoms with Crippen LogP contribution in [-0.2, 0) is 4.79 Å². The molecule has 0 N–H and O–H groups in total. The maximum Gasteiger partial charge on any atom is 0.272 e. The molecule has 0 bridgehead atoms. The Labute approximate surface area is 153 Å². The van der Waals surface area contributed by atoms with Gasteiger partial charge in [-0.2, -0.15) is 0 Å². The van der Waals surface area contributed by atoms with Crippen LogP contribution in [0.3, 0.4) is 0 Å². The SMILES string of the molecule is CC(=O)N1C[C@H]2CN(C(=O)c3ncccc3C)C[C@H]2[C@H]1c1ccccc1. The van der Waals surface area contributed by atoms with Gasteiger partial charge in [0.2, 0.25) is 5.91 Å². The van der Waals surface area contributed by atoms with E-state index >= 15 is 0 Å². The average molecular weight is 349 g/mol. The maximum absolute atomic E-state index is 12.9. The van der Waals surface area contributed by atoms with Gasteiger partial charge in [0.05, 0.1) is 6.04 Å². The fourth-order valence-electron chi connectivity index (χ4n) is 4.47. The predicted octanol–water partition coefficient (Wildman–Crippen LogP) is 2.68. The highest BCUT2D eigenvalue weighted by Crippen LogP contribution is 2.45. The van der Waals surface area contributed by atoms with E-state index in [0.29, 0.717) is 31.2 Å². The normalized spacial score (nSPS) is 24.6. The van der Waals surface area contributed by atoms with Crippen molar-refractivity contribution in [1.82, 2.24) is 14.8 Å². The van der Waals surface area contributed by atoms with E-state index in [1.807, 2.05) is 47.1 Å². The Kier molecular flexibility index (Phi) is 4.23. The molecule has 0 unspecified atom stereocenters. The lowest BCUT2D eigenvalue weighted by Crippen LogP contribution is -2.37. The van der Waals surface area contributed by atoms with Gasteiger partial charge in [0.1, 0.15) is 5.69 Å². The lowest BCUT2D eigenvalue weighted by atomic mass is 9.89. The smallest absolute Gasteiger partial charge is 0.272 e. The molecule has 3 heterocycles. The van der Waals surface area contributed by atoms with Crippen LogP contribution < -0.4 is 0 Å². The average Bonchev–Trinajstić information content (AvgIpc) is 3.20. The summed E-state index contributed by atoms with van der Waals surface area (Å²) >= 11 is 0. The Hall–Kier alpha value is -2.69. The van der Waals surface area contributed by atoms with Crippen molar-refractivity contribution in [3.63, 3.8) is 0 Å². The van der Waals surface area contributed by atoms with Crippen molar-refractivity contribution in [2.45, 2.75) is 19.9 Å². The molecule has 0 aliphatic carbocycles. The van der Waals surface area contributed by atoms with Crippen LogP contribution in [-0.4, -0.2) is 46.2 Å². The van der Waals surface area contributed by atoms with Gasteiger partial charge in [0.15, 0.2) is 0 Å². The van der Waals surface area contributed by atoms with Crippen LogP contribution in [0.1, 0.15) is 34.6 Å². The molecule has 4 rings (SSSR count). The highest BCUT2D eigenvalue weighted by atomic mass is 16.2. The molecular weight excluding hydrogens is 326 g/mol. The zero-order valence-corrected chi connectivity index (χ0v) is 15.1. The molecule has 0 radical (unpaired) electrons. The van der Waals surface area contributed by atoms with E-state index in [1.54, 1.807) is 13.1 Å².